The van der Waals surface area contributed by atoms with Gasteiger partial charge in [-0.2, -0.15) is 10.1 Å². The summed E-state index contributed by atoms with van der Waals surface area (Å²) in [4.78, 5) is 36.7. The van der Waals surface area contributed by atoms with Crippen LogP contribution in [0, 0.1) is 6.92 Å². The van der Waals surface area contributed by atoms with Crippen molar-refractivity contribution in [1.82, 2.24) is 24.3 Å². The molecule has 0 N–H and O–H groups in total. The van der Waals surface area contributed by atoms with Crippen molar-refractivity contribution in [2.45, 2.75) is 32.7 Å². The Morgan fingerprint density at radius 2 is 1.82 bits per heavy atom. The van der Waals surface area contributed by atoms with Gasteiger partial charge in [-0.3, -0.25) is 14.5 Å². The Bertz CT molecular complexity index is 1650. The number of carbonyl (C=O) groups excluding carboxylic acids is 1. The molecule has 0 bridgehead atoms. The Kier molecular flexibility index (Phi) is 6.86. The predicted molar refractivity (Wildman–Crippen MR) is 148 cm³/mol. The molecule has 0 unspecified atom stereocenters. The molecule has 0 radical (unpaired) electrons. The van der Waals surface area contributed by atoms with Crippen molar-refractivity contribution in [2.75, 3.05) is 19.1 Å². The van der Waals surface area contributed by atoms with Gasteiger partial charge in [0.1, 0.15) is 10.7 Å². The molecule has 1 aliphatic heterocycles. The van der Waals surface area contributed by atoms with Crippen molar-refractivity contribution < 1.29 is 14.3 Å². The summed E-state index contributed by atoms with van der Waals surface area (Å²) in [5.41, 5.74) is 4.09. The monoisotopic (exact) mass is 568 g/mol. The lowest BCUT2D eigenvalue weighted by Crippen LogP contribution is -2.32. The molecule has 202 valence electrons. The Balaban J connectivity index is 1.81. The summed E-state index contributed by atoms with van der Waals surface area (Å²) in [6.07, 6.45) is 3.15. The van der Waals surface area contributed by atoms with Crippen LogP contribution in [0.4, 0.5) is 5.69 Å². The van der Waals surface area contributed by atoms with Gasteiger partial charge in [0.25, 0.3) is 11.5 Å². The van der Waals surface area contributed by atoms with Gasteiger partial charge in [-0.15, -0.1) is 0 Å². The van der Waals surface area contributed by atoms with Crippen molar-refractivity contribution in [2.24, 2.45) is 7.05 Å². The smallest absolute Gasteiger partial charge is 0.319 e. The Morgan fingerprint density at radius 1 is 1.08 bits per heavy atom. The van der Waals surface area contributed by atoms with Crippen molar-refractivity contribution in [1.29, 1.82) is 0 Å². The third kappa shape index (κ3) is 4.33. The highest BCUT2D eigenvalue weighted by atomic mass is 35.5. The van der Waals surface area contributed by atoms with E-state index in [1.165, 1.54) is 24.9 Å². The lowest BCUT2D eigenvalue weighted by molar-refractivity contribution is 0.0988. The molecule has 0 spiro atoms. The second-order valence-electron chi connectivity index (χ2n) is 9.51. The van der Waals surface area contributed by atoms with E-state index < -0.39 is 6.04 Å². The number of ether oxygens (including phenoxy) is 2. The van der Waals surface area contributed by atoms with Gasteiger partial charge in [0.05, 0.1) is 37.8 Å². The predicted octanol–water partition coefficient (Wildman–Crippen LogP) is 4.87. The number of rotatable bonds is 6. The molecule has 4 aromatic rings. The largest absolute Gasteiger partial charge is 0.479 e. The van der Waals surface area contributed by atoms with Crippen molar-refractivity contribution >= 4 is 34.8 Å². The molecular weight excluding hydrogens is 543 g/mol. The molecule has 3 aromatic heterocycles. The third-order valence-electron chi connectivity index (χ3n) is 6.71. The Hall–Kier alpha value is -3.89. The number of anilines is 1. The standard InChI is InChI=1S/C27H26Cl2N6O4/c1-13(2)22-20-21(32-35(22)19-11-30-27(39-6)31-24(19)38-5)26(37)34(16-10-18(29)25(36)33(4)12-16)23(20)17-8-7-15(28)9-14(17)3/h7-13,23H,1-6H3/t23-/m1/s1. The number of amides is 1. The fourth-order valence-electron chi connectivity index (χ4n) is 5.00. The minimum Gasteiger partial charge on any atom is -0.479 e. The number of halogens is 2. The summed E-state index contributed by atoms with van der Waals surface area (Å²) in [5, 5.41) is 5.37. The summed E-state index contributed by atoms with van der Waals surface area (Å²) in [7, 11) is 4.55. The van der Waals surface area contributed by atoms with Crippen LogP contribution in [-0.4, -0.2) is 44.4 Å². The van der Waals surface area contributed by atoms with Gasteiger partial charge in [0, 0.05) is 23.8 Å². The fourth-order valence-corrected chi connectivity index (χ4v) is 5.47. The highest BCUT2D eigenvalue weighted by molar-refractivity contribution is 6.31. The van der Waals surface area contributed by atoms with Crippen LogP contribution in [0.15, 0.2) is 41.5 Å². The van der Waals surface area contributed by atoms with Crippen molar-refractivity contribution in [3.05, 3.63) is 85.1 Å². The number of hydrogen-bond acceptors (Lipinski definition) is 7. The number of aromatic nitrogens is 5. The molecule has 0 aliphatic carbocycles. The summed E-state index contributed by atoms with van der Waals surface area (Å²) < 4.78 is 13.7. The van der Waals surface area contributed by atoms with E-state index in [0.29, 0.717) is 16.4 Å². The molecule has 4 heterocycles. The Morgan fingerprint density at radius 3 is 2.44 bits per heavy atom. The van der Waals surface area contributed by atoms with Crippen LogP contribution < -0.4 is 19.9 Å². The maximum absolute atomic E-state index is 14.2. The number of benzene rings is 1. The average Bonchev–Trinajstić information content (AvgIpc) is 3.42. The molecule has 1 atom stereocenters. The number of hydrogen-bond donors (Lipinski definition) is 0. The number of carbonyl (C=O) groups is 1. The zero-order chi connectivity index (χ0) is 28.2. The molecule has 0 fully saturated rings. The van der Waals surface area contributed by atoms with Crippen molar-refractivity contribution in [3.63, 3.8) is 0 Å². The van der Waals surface area contributed by atoms with Crippen LogP contribution >= 0.6 is 23.2 Å². The lowest BCUT2D eigenvalue weighted by atomic mass is 9.92. The zero-order valence-corrected chi connectivity index (χ0v) is 23.7. The third-order valence-corrected chi connectivity index (χ3v) is 7.21. The number of fused-ring (bicyclic) bond motifs is 1. The number of pyridine rings is 1. The summed E-state index contributed by atoms with van der Waals surface area (Å²) in [6.45, 7) is 5.98. The van der Waals surface area contributed by atoms with E-state index in [9.17, 15) is 9.59 Å². The average molecular weight is 569 g/mol. The normalized spacial score (nSPS) is 14.7. The van der Waals surface area contributed by atoms with Gasteiger partial charge in [0.2, 0.25) is 5.88 Å². The van der Waals surface area contributed by atoms with Crippen molar-refractivity contribution in [3.8, 4) is 17.6 Å². The fraction of sp³-hybridized carbons (Fsp3) is 0.296. The molecule has 39 heavy (non-hydrogen) atoms. The van der Waals surface area contributed by atoms with Crippen LogP contribution in [0.2, 0.25) is 10.0 Å². The number of methoxy groups -OCH3 is 2. The Labute approximate surface area is 234 Å². The molecule has 1 aromatic carbocycles. The van der Waals surface area contributed by atoms with Gasteiger partial charge >= 0.3 is 6.01 Å². The van der Waals surface area contributed by atoms with Crippen LogP contribution in [0.5, 0.6) is 11.9 Å². The number of aryl methyl sites for hydroxylation is 2. The first-order valence-electron chi connectivity index (χ1n) is 12.1. The first-order chi connectivity index (χ1) is 18.6. The molecule has 5 rings (SSSR count). The minimum atomic E-state index is -0.574. The van der Waals surface area contributed by atoms with Crippen LogP contribution in [0.3, 0.4) is 0 Å². The first kappa shape index (κ1) is 26.7. The van der Waals surface area contributed by atoms with E-state index in [2.05, 4.69) is 9.97 Å². The number of nitrogens with zero attached hydrogens (tertiary/aromatic N) is 6. The summed E-state index contributed by atoms with van der Waals surface area (Å²) in [6, 6.07) is 6.62. The van der Waals surface area contributed by atoms with Crippen LogP contribution in [0.1, 0.15) is 58.7 Å². The maximum Gasteiger partial charge on any atom is 0.319 e. The van der Waals surface area contributed by atoms with Gasteiger partial charge in [-0.1, -0.05) is 43.1 Å². The van der Waals surface area contributed by atoms with Gasteiger partial charge in [-0.25, -0.2) is 9.67 Å². The van der Waals surface area contributed by atoms with E-state index in [4.69, 9.17) is 37.8 Å². The highest BCUT2D eigenvalue weighted by Crippen LogP contribution is 2.47. The first-order valence-corrected chi connectivity index (χ1v) is 12.9. The molecule has 1 aliphatic rings. The van der Waals surface area contributed by atoms with E-state index in [1.54, 1.807) is 35.1 Å². The maximum atomic E-state index is 14.2. The zero-order valence-electron chi connectivity index (χ0n) is 22.2. The van der Waals surface area contributed by atoms with Crippen LogP contribution in [-0.2, 0) is 7.05 Å². The van der Waals surface area contributed by atoms with E-state index in [-0.39, 0.29) is 40.0 Å². The van der Waals surface area contributed by atoms with Gasteiger partial charge < -0.3 is 14.0 Å². The molecule has 12 heteroatoms. The second kappa shape index (κ2) is 10.0. The van der Waals surface area contributed by atoms with E-state index in [0.717, 1.165) is 22.4 Å². The summed E-state index contributed by atoms with van der Waals surface area (Å²) in [5.74, 6) is -0.161. The van der Waals surface area contributed by atoms with E-state index >= 15 is 0 Å². The second-order valence-corrected chi connectivity index (χ2v) is 10.3. The summed E-state index contributed by atoms with van der Waals surface area (Å²) >= 11 is 12.6. The molecule has 0 saturated carbocycles. The topological polar surface area (TPSA) is 104 Å². The van der Waals surface area contributed by atoms with Gasteiger partial charge in [-0.05, 0) is 42.2 Å². The van der Waals surface area contributed by atoms with Crippen LogP contribution in [0.25, 0.3) is 5.69 Å². The molecule has 1 amide bonds. The molecule has 0 saturated heterocycles. The highest BCUT2D eigenvalue weighted by Gasteiger charge is 2.46. The minimum absolute atomic E-state index is 0.00758. The van der Waals surface area contributed by atoms with Gasteiger partial charge in [0.15, 0.2) is 5.69 Å². The van der Waals surface area contributed by atoms with E-state index in [1.807, 2.05) is 32.9 Å². The molecular formula is C27H26Cl2N6O4. The quantitative estimate of drug-likeness (QED) is 0.327. The lowest BCUT2D eigenvalue weighted by Gasteiger charge is -2.29. The SMILES string of the molecule is COc1ncc(-n2nc3c(c2C(C)C)[C@@H](c2ccc(Cl)cc2C)N(c2cc(Cl)c(=O)n(C)c2)C3=O)c(OC)n1. The molecule has 10 nitrogen and oxygen atoms in total.